The zero-order valence-corrected chi connectivity index (χ0v) is 19.5. The molecule has 34 heavy (non-hydrogen) atoms. The highest BCUT2D eigenvalue weighted by Crippen LogP contribution is 2.19. The minimum atomic E-state index is -1.15. The van der Waals surface area contributed by atoms with E-state index < -0.39 is 35.9 Å². The minimum Gasteiger partial charge on any atom is -0.480 e. The van der Waals surface area contributed by atoms with Gasteiger partial charge in [-0.25, -0.2) is 4.79 Å². The van der Waals surface area contributed by atoms with Crippen LogP contribution in [0, 0.1) is 5.92 Å². The van der Waals surface area contributed by atoms with Crippen molar-refractivity contribution < 1.29 is 19.5 Å². The quantitative estimate of drug-likeness (QED) is 0.297. The standard InChI is InChI=1S/C26H32N4O4/c1-3-16(2)23(27)25(32)29-21(14-18-15-28-20-12-8-7-11-19(18)20)24(31)30-22(26(33)34)13-17-9-5-4-6-10-17/h4-12,15-16,21-23,28H,3,13-14,27H2,1-2H3,(H,29,32)(H,30,31)(H,33,34)/t16-,21-,22-,23-/m0/s1. The molecule has 0 fully saturated rings. The number of benzene rings is 2. The van der Waals surface area contributed by atoms with E-state index in [1.54, 1.807) is 18.3 Å². The molecule has 3 rings (SSSR count). The average Bonchev–Trinajstić information content (AvgIpc) is 3.25. The summed E-state index contributed by atoms with van der Waals surface area (Å²) in [6.07, 6.45) is 2.82. The zero-order chi connectivity index (χ0) is 24.7. The zero-order valence-electron chi connectivity index (χ0n) is 19.5. The number of carboxylic acid groups (broad SMARTS) is 1. The molecule has 0 unspecified atom stereocenters. The van der Waals surface area contributed by atoms with Gasteiger partial charge in [-0.1, -0.05) is 68.8 Å². The van der Waals surface area contributed by atoms with E-state index in [4.69, 9.17) is 5.73 Å². The van der Waals surface area contributed by atoms with Crippen molar-refractivity contribution in [2.45, 2.75) is 51.2 Å². The van der Waals surface area contributed by atoms with Crippen molar-refractivity contribution in [2.75, 3.05) is 0 Å². The molecule has 6 N–H and O–H groups in total. The number of H-pyrrole nitrogens is 1. The lowest BCUT2D eigenvalue weighted by Gasteiger charge is -2.24. The highest BCUT2D eigenvalue weighted by atomic mass is 16.4. The maximum atomic E-state index is 13.3. The van der Waals surface area contributed by atoms with E-state index in [1.807, 2.05) is 56.3 Å². The van der Waals surface area contributed by atoms with Crippen LogP contribution in [0.2, 0.25) is 0 Å². The molecule has 3 aromatic rings. The Kier molecular flexibility index (Phi) is 8.43. The first-order valence-electron chi connectivity index (χ1n) is 11.5. The van der Waals surface area contributed by atoms with Crippen LogP contribution >= 0.6 is 0 Å². The lowest BCUT2D eigenvalue weighted by molar-refractivity contribution is -0.142. The third kappa shape index (κ3) is 6.23. The predicted octanol–water partition coefficient (Wildman–Crippen LogP) is 2.38. The molecule has 0 radical (unpaired) electrons. The molecule has 0 aliphatic rings. The number of rotatable bonds is 11. The van der Waals surface area contributed by atoms with Crippen molar-refractivity contribution in [3.8, 4) is 0 Å². The Hall–Kier alpha value is -3.65. The molecule has 0 aliphatic heterocycles. The van der Waals surface area contributed by atoms with Gasteiger partial charge in [0, 0.05) is 29.9 Å². The van der Waals surface area contributed by atoms with E-state index in [0.29, 0.717) is 6.42 Å². The van der Waals surface area contributed by atoms with Crippen molar-refractivity contribution >= 4 is 28.7 Å². The third-order valence-electron chi connectivity index (χ3n) is 6.19. The monoisotopic (exact) mass is 464 g/mol. The number of para-hydroxylation sites is 1. The van der Waals surface area contributed by atoms with Crippen molar-refractivity contribution in [3.63, 3.8) is 0 Å². The maximum Gasteiger partial charge on any atom is 0.326 e. The Labute approximate surface area is 198 Å². The summed E-state index contributed by atoms with van der Waals surface area (Å²) in [6, 6.07) is 13.8. The third-order valence-corrected chi connectivity index (χ3v) is 6.19. The number of nitrogens with one attached hydrogen (secondary N) is 3. The number of hydrogen-bond donors (Lipinski definition) is 5. The number of carboxylic acids is 1. The van der Waals surface area contributed by atoms with Gasteiger partial charge in [-0.15, -0.1) is 0 Å². The smallest absolute Gasteiger partial charge is 0.326 e. The van der Waals surface area contributed by atoms with Crippen LogP contribution in [0.4, 0.5) is 0 Å². The van der Waals surface area contributed by atoms with Crippen molar-refractivity contribution in [1.29, 1.82) is 0 Å². The molecule has 0 spiro atoms. The molecule has 180 valence electrons. The molecule has 2 amide bonds. The van der Waals surface area contributed by atoms with Gasteiger partial charge >= 0.3 is 5.97 Å². The van der Waals surface area contributed by atoms with Crippen molar-refractivity contribution in [2.24, 2.45) is 11.7 Å². The van der Waals surface area contributed by atoms with E-state index in [2.05, 4.69) is 15.6 Å². The fourth-order valence-electron chi connectivity index (χ4n) is 3.83. The number of carbonyl (C=O) groups excluding carboxylic acids is 2. The maximum absolute atomic E-state index is 13.3. The summed E-state index contributed by atoms with van der Waals surface area (Å²) in [7, 11) is 0. The highest BCUT2D eigenvalue weighted by Gasteiger charge is 2.30. The Morgan fingerprint density at radius 3 is 2.26 bits per heavy atom. The molecular formula is C26H32N4O4. The van der Waals surface area contributed by atoms with Crippen molar-refractivity contribution in [1.82, 2.24) is 15.6 Å². The number of amides is 2. The normalized spacial score (nSPS) is 14.7. The van der Waals surface area contributed by atoms with Crippen LogP contribution in [0.15, 0.2) is 60.8 Å². The van der Waals surface area contributed by atoms with Gasteiger partial charge < -0.3 is 26.5 Å². The van der Waals surface area contributed by atoms with Gasteiger partial charge in [0.15, 0.2) is 0 Å². The average molecular weight is 465 g/mol. The molecule has 1 aromatic heterocycles. The van der Waals surface area contributed by atoms with Crippen molar-refractivity contribution in [3.05, 3.63) is 71.9 Å². The number of aliphatic carboxylic acids is 1. The van der Waals surface area contributed by atoms with Gasteiger partial charge in [-0.05, 0) is 23.1 Å². The first kappa shape index (κ1) is 25.0. The minimum absolute atomic E-state index is 0.0679. The summed E-state index contributed by atoms with van der Waals surface area (Å²) in [5, 5.41) is 16.0. The summed E-state index contributed by atoms with van der Waals surface area (Å²) in [6.45, 7) is 3.81. The first-order chi connectivity index (χ1) is 16.3. The van der Waals surface area contributed by atoms with E-state index >= 15 is 0 Å². The molecule has 4 atom stereocenters. The molecule has 0 saturated heterocycles. The van der Waals surface area contributed by atoms with Crippen LogP contribution in [0.1, 0.15) is 31.4 Å². The summed E-state index contributed by atoms with van der Waals surface area (Å²) in [5.41, 5.74) is 8.62. The Bertz CT molecular complexity index is 1130. The summed E-state index contributed by atoms with van der Waals surface area (Å²) in [5.74, 6) is -2.23. The van der Waals surface area contributed by atoms with Gasteiger partial charge in [0.1, 0.15) is 12.1 Å². The van der Waals surface area contributed by atoms with Crippen LogP contribution < -0.4 is 16.4 Å². The first-order valence-corrected chi connectivity index (χ1v) is 11.5. The van der Waals surface area contributed by atoms with E-state index in [0.717, 1.165) is 22.0 Å². The molecule has 2 aromatic carbocycles. The lowest BCUT2D eigenvalue weighted by Crippen LogP contribution is -2.56. The second-order valence-corrected chi connectivity index (χ2v) is 8.63. The highest BCUT2D eigenvalue weighted by molar-refractivity contribution is 5.93. The Morgan fingerprint density at radius 2 is 1.59 bits per heavy atom. The van der Waals surface area contributed by atoms with Gasteiger partial charge in [-0.2, -0.15) is 0 Å². The summed E-state index contributed by atoms with van der Waals surface area (Å²) >= 11 is 0. The van der Waals surface area contributed by atoms with E-state index in [1.165, 1.54) is 0 Å². The molecule has 8 heteroatoms. The van der Waals surface area contributed by atoms with E-state index in [-0.39, 0.29) is 18.8 Å². The second-order valence-electron chi connectivity index (χ2n) is 8.63. The van der Waals surface area contributed by atoms with Crippen LogP contribution in [0.5, 0.6) is 0 Å². The number of fused-ring (bicyclic) bond motifs is 1. The fraction of sp³-hybridized carbons (Fsp3) is 0.346. The van der Waals surface area contributed by atoms with Crippen LogP contribution in [-0.4, -0.2) is 46.0 Å². The number of nitrogens with two attached hydrogens (primary N) is 1. The molecular weight excluding hydrogens is 432 g/mol. The Balaban J connectivity index is 1.82. The number of carbonyl (C=O) groups is 3. The van der Waals surface area contributed by atoms with Gasteiger partial charge in [0.05, 0.1) is 6.04 Å². The number of hydrogen-bond acceptors (Lipinski definition) is 4. The lowest BCUT2D eigenvalue weighted by atomic mass is 9.98. The predicted molar refractivity (Wildman–Crippen MR) is 131 cm³/mol. The van der Waals surface area contributed by atoms with Crippen LogP contribution in [-0.2, 0) is 27.2 Å². The molecule has 0 aliphatic carbocycles. The molecule has 1 heterocycles. The summed E-state index contributed by atoms with van der Waals surface area (Å²) < 4.78 is 0. The molecule has 8 nitrogen and oxygen atoms in total. The van der Waals surface area contributed by atoms with Gasteiger partial charge in [-0.3, -0.25) is 9.59 Å². The fourth-order valence-corrected chi connectivity index (χ4v) is 3.83. The molecule has 0 saturated carbocycles. The molecule has 0 bridgehead atoms. The Morgan fingerprint density at radius 1 is 0.941 bits per heavy atom. The van der Waals surface area contributed by atoms with Gasteiger partial charge in [0.2, 0.25) is 11.8 Å². The second kappa shape index (κ2) is 11.5. The van der Waals surface area contributed by atoms with Gasteiger partial charge in [0.25, 0.3) is 0 Å². The van der Waals surface area contributed by atoms with Crippen LogP contribution in [0.25, 0.3) is 10.9 Å². The van der Waals surface area contributed by atoms with E-state index in [9.17, 15) is 19.5 Å². The SMILES string of the molecule is CC[C@H](C)[C@H](N)C(=O)N[C@@H](Cc1c[nH]c2ccccc12)C(=O)N[C@@H](Cc1ccccc1)C(=O)O. The number of aromatic nitrogens is 1. The number of aromatic amines is 1. The van der Waals surface area contributed by atoms with Crippen LogP contribution in [0.3, 0.4) is 0 Å². The largest absolute Gasteiger partial charge is 0.480 e. The summed E-state index contributed by atoms with van der Waals surface area (Å²) in [4.78, 5) is 41.1. The topological polar surface area (TPSA) is 137 Å².